The van der Waals surface area contributed by atoms with Gasteiger partial charge in [0.15, 0.2) is 11.6 Å². The summed E-state index contributed by atoms with van der Waals surface area (Å²) < 4.78 is 44.1. The van der Waals surface area contributed by atoms with E-state index in [2.05, 4.69) is 15.6 Å². The van der Waals surface area contributed by atoms with Crippen LogP contribution in [-0.4, -0.2) is 59.0 Å². The van der Waals surface area contributed by atoms with Crippen molar-refractivity contribution >= 4 is 23.5 Å². The first kappa shape index (κ1) is 27.9. The number of nitrogens with one attached hydrogen (secondary N) is 2. The number of piperidine rings is 2. The van der Waals surface area contributed by atoms with Gasteiger partial charge in [-0.2, -0.15) is 0 Å². The molecule has 11 heteroatoms. The van der Waals surface area contributed by atoms with E-state index in [1.807, 2.05) is 12.1 Å². The lowest BCUT2D eigenvalue weighted by molar-refractivity contribution is -0.136. The number of alkyl halides is 1. The third-order valence-electron chi connectivity index (χ3n) is 8.30. The van der Waals surface area contributed by atoms with Crippen LogP contribution in [-0.2, 0) is 22.7 Å². The van der Waals surface area contributed by atoms with Crippen molar-refractivity contribution in [1.29, 1.82) is 0 Å². The van der Waals surface area contributed by atoms with Crippen LogP contribution in [0.1, 0.15) is 47.2 Å². The number of fused-ring (bicyclic) bond motifs is 1. The van der Waals surface area contributed by atoms with Gasteiger partial charge in [0.1, 0.15) is 17.5 Å². The third-order valence-corrected chi connectivity index (χ3v) is 8.30. The standard InChI is InChI=1S/C31H30F3N5O3/c32-23-3-1-2-20(13-23)21-14-25(33)28(36-16-21)38-10-8-31(34,9-11-38)18-35-15-19-4-5-24-22(12-19)17-39(30(24)42)26-6-7-27(40)37-29(26)41/h1-5,12-14,16,26,35H,6-11,15,17-18H2,(H,37,40,41). The van der Waals surface area contributed by atoms with Gasteiger partial charge in [0.2, 0.25) is 11.8 Å². The van der Waals surface area contributed by atoms with Crippen molar-refractivity contribution < 1.29 is 27.6 Å². The summed E-state index contributed by atoms with van der Waals surface area (Å²) >= 11 is 0. The molecule has 2 N–H and O–H groups in total. The number of anilines is 1. The zero-order chi connectivity index (χ0) is 29.4. The van der Waals surface area contributed by atoms with E-state index in [9.17, 15) is 23.2 Å². The molecule has 1 aromatic heterocycles. The molecule has 0 saturated carbocycles. The lowest BCUT2D eigenvalue weighted by Gasteiger charge is -2.37. The van der Waals surface area contributed by atoms with E-state index in [0.717, 1.165) is 11.1 Å². The average Bonchev–Trinajstić information content (AvgIpc) is 3.29. The summed E-state index contributed by atoms with van der Waals surface area (Å²) in [5.74, 6) is -1.80. The molecule has 6 rings (SSSR count). The predicted octanol–water partition coefficient (Wildman–Crippen LogP) is 3.89. The second kappa shape index (κ2) is 11.2. The Morgan fingerprint density at radius 2 is 1.83 bits per heavy atom. The normalized spacial score (nSPS) is 20.1. The topological polar surface area (TPSA) is 94.6 Å². The summed E-state index contributed by atoms with van der Waals surface area (Å²) in [7, 11) is 0. The number of halogens is 3. The molecule has 218 valence electrons. The van der Waals surface area contributed by atoms with Crippen LogP contribution in [0, 0.1) is 11.6 Å². The fraction of sp³-hybridized carbons (Fsp3) is 0.355. The fourth-order valence-corrected chi connectivity index (χ4v) is 5.95. The van der Waals surface area contributed by atoms with Crippen LogP contribution in [0.5, 0.6) is 0 Å². The van der Waals surface area contributed by atoms with Crippen molar-refractivity contribution in [3.63, 3.8) is 0 Å². The minimum absolute atomic E-state index is 0.119. The van der Waals surface area contributed by atoms with Crippen molar-refractivity contribution in [3.05, 3.63) is 83.1 Å². The molecule has 4 heterocycles. The van der Waals surface area contributed by atoms with E-state index >= 15 is 4.39 Å². The predicted molar refractivity (Wildman–Crippen MR) is 149 cm³/mol. The summed E-state index contributed by atoms with van der Waals surface area (Å²) in [5, 5.41) is 5.48. The number of amides is 3. The third kappa shape index (κ3) is 5.61. The first-order valence-electron chi connectivity index (χ1n) is 14.0. The van der Waals surface area contributed by atoms with E-state index in [1.165, 1.54) is 29.3 Å². The van der Waals surface area contributed by atoms with Gasteiger partial charge < -0.3 is 15.1 Å². The highest BCUT2D eigenvalue weighted by Gasteiger charge is 2.39. The number of carbonyl (C=O) groups is 3. The number of imide groups is 1. The fourth-order valence-electron chi connectivity index (χ4n) is 5.95. The van der Waals surface area contributed by atoms with Gasteiger partial charge in [0, 0.05) is 69.3 Å². The van der Waals surface area contributed by atoms with Crippen molar-refractivity contribution in [1.82, 2.24) is 20.5 Å². The maximum absolute atomic E-state index is 15.6. The summed E-state index contributed by atoms with van der Waals surface area (Å²) in [6, 6.07) is 12.0. The molecule has 3 aliphatic rings. The largest absolute Gasteiger partial charge is 0.354 e. The molecule has 3 amide bonds. The molecule has 8 nitrogen and oxygen atoms in total. The van der Waals surface area contributed by atoms with Crippen LogP contribution in [0.2, 0.25) is 0 Å². The minimum atomic E-state index is -1.47. The summed E-state index contributed by atoms with van der Waals surface area (Å²) in [6.07, 6.45) is 2.40. The SMILES string of the molecule is O=C1CCC(N2Cc3cc(CNCC4(F)CCN(c5ncc(-c6cccc(F)c6)cc5F)CC4)ccc3C2=O)C(=O)N1. The second-order valence-corrected chi connectivity index (χ2v) is 11.2. The number of nitrogens with zero attached hydrogens (tertiary/aromatic N) is 3. The molecule has 1 atom stereocenters. The molecule has 3 aromatic rings. The number of rotatable bonds is 7. The first-order valence-corrected chi connectivity index (χ1v) is 14.0. The van der Waals surface area contributed by atoms with Crippen LogP contribution in [0.15, 0.2) is 54.7 Å². The Morgan fingerprint density at radius 3 is 2.57 bits per heavy atom. The van der Waals surface area contributed by atoms with Gasteiger partial charge in [-0.1, -0.05) is 24.3 Å². The Labute approximate surface area is 240 Å². The lowest BCUT2D eigenvalue weighted by Crippen LogP contribution is -2.52. The minimum Gasteiger partial charge on any atom is -0.354 e. The van der Waals surface area contributed by atoms with Crippen molar-refractivity contribution in [2.75, 3.05) is 24.5 Å². The van der Waals surface area contributed by atoms with Gasteiger partial charge in [0.25, 0.3) is 5.91 Å². The molecule has 2 fully saturated rings. The van der Waals surface area contributed by atoms with Crippen molar-refractivity contribution in [2.24, 2.45) is 0 Å². The quantitative estimate of drug-likeness (QED) is 0.414. The van der Waals surface area contributed by atoms with Crippen LogP contribution >= 0.6 is 0 Å². The first-order chi connectivity index (χ1) is 20.2. The summed E-state index contributed by atoms with van der Waals surface area (Å²) in [5.41, 5.74) is 1.74. The molecule has 0 radical (unpaired) electrons. The molecule has 2 aromatic carbocycles. The van der Waals surface area contributed by atoms with Crippen LogP contribution in [0.25, 0.3) is 11.1 Å². The highest BCUT2D eigenvalue weighted by atomic mass is 19.1. The molecule has 42 heavy (non-hydrogen) atoms. The Hall–Kier alpha value is -4.25. The van der Waals surface area contributed by atoms with Gasteiger partial charge >= 0.3 is 0 Å². The molecular weight excluding hydrogens is 547 g/mol. The molecule has 2 saturated heterocycles. The van der Waals surface area contributed by atoms with Gasteiger partial charge in [-0.15, -0.1) is 0 Å². The van der Waals surface area contributed by atoms with Gasteiger partial charge in [-0.05, 0) is 47.4 Å². The van der Waals surface area contributed by atoms with Crippen LogP contribution < -0.4 is 15.5 Å². The molecule has 3 aliphatic heterocycles. The average molecular weight is 578 g/mol. The van der Waals surface area contributed by atoms with Gasteiger partial charge in [-0.3, -0.25) is 19.7 Å². The maximum Gasteiger partial charge on any atom is 0.255 e. The molecule has 0 bridgehead atoms. The number of pyridine rings is 1. The maximum atomic E-state index is 15.6. The molecule has 0 spiro atoms. The van der Waals surface area contributed by atoms with E-state index in [1.54, 1.807) is 23.1 Å². The van der Waals surface area contributed by atoms with Crippen molar-refractivity contribution in [3.8, 4) is 11.1 Å². The second-order valence-electron chi connectivity index (χ2n) is 11.2. The van der Waals surface area contributed by atoms with E-state index < -0.39 is 29.3 Å². The number of aromatic nitrogens is 1. The van der Waals surface area contributed by atoms with Gasteiger partial charge in [-0.25, -0.2) is 18.2 Å². The van der Waals surface area contributed by atoms with Crippen LogP contribution in [0.4, 0.5) is 19.0 Å². The van der Waals surface area contributed by atoms with Crippen molar-refractivity contribution in [2.45, 2.75) is 50.5 Å². The Bertz CT molecular complexity index is 1560. The van der Waals surface area contributed by atoms with E-state index in [0.29, 0.717) is 42.7 Å². The van der Waals surface area contributed by atoms with Gasteiger partial charge in [0.05, 0.1) is 0 Å². The lowest BCUT2D eigenvalue weighted by atomic mass is 9.93. The number of hydrogen-bond donors (Lipinski definition) is 2. The highest BCUT2D eigenvalue weighted by Crippen LogP contribution is 2.32. The molecular formula is C31H30F3N5O3. The number of carbonyl (C=O) groups excluding carboxylic acids is 3. The van der Waals surface area contributed by atoms with E-state index in [-0.39, 0.29) is 50.0 Å². The Balaban J connectivity index is 1.02. The molecule has 1 unspecified atom stereocenters. The smallest absolute Gasteiger partial charge is 0.255 e. The number of benzene rings is 2. The Morgan fingerprint density at radius 1 is 1.02 bits per heavy atom. The number of hydrogen-bond acceptors (Lipinski definition) is 6. The Kier molecular flexibility index (Phi) is 7.44. The highest BCUT2D eigenvalue weighted by molar-refractivity contribution is 6.05. The zero-order valence-electron chi connectivity index (χ0n) is 22.8. The monoisotopic (exact) mass is 577 g/mol. The summed E-state index contributed by atoms with van der Waals surface area (Å²) in [6.45, 7) is 1.41. The molecule has 0 aliphatic carbocycles. The van der Waals surface area contributed by atoms with Crippen LogP contribution in [0.3, 0.4) is 0 Å². The summed E-state index contributed by atoms with van der Waals surface area (Å²) in [4.78, 5) is 44.1. The van der Waals surface area contributed by atoms with E-state index in [4.69, 9.17) is 0 Å². The zero-order valence-corrected chi connectivity index (χ0v) is 22.8.